The van der Waals surface area contributed by atoms with Crippen LogP contribution in [0, 0.1) is 5.82 Å². The van der Waals surface area contributed by atoms with E-state index in [4.69, 9.17) is 16.3 Å². The Morgan fingerprint density at radius 2 is 2.16 bits per heavy atom. The Morgan fingerprint density at radius 1 is 1.42 bits per heavy atom. The molecule has 0 saturated heterocycles. The van der Waals surface area contributed by atoms with E-state index in [1.807, 2.05) is 11.5 Å². The monoisotopic (exact) mass is 284 g/mol. The van der Waals surface area contributed by atoms with Gasteiger partial charge in [0.15, 0.2) is 0 Å². The van der Waals surface area contributed by atoms with Gasteiger partial charge in [0, 0.05) is 19.8 Å². The number of hydrogen-bond acceptors (Lipinski definition) is 2. The van der Waals surface area contributed by atoms with Crippen molar-refractivity contribution in [1.29, 1.82) is 0 Å². The lowest BCUT2D eigenvalue weighted by atomic mass is 10.2. The molecule has 104 valence electrons. The molecule has 19 heavy (non-hydrogen) atoms. The van der Waals surface area contributed by atoms with E-state index >= 15 is 0 Å². The minimum atomic E-state index is -0.263. The molecule has 1 aromatic heterocycles. The molecule has 5 heteroatoms. The summed E-state index contributed by atoms with van der Waals surface area (Å²) in [6.07, 6.45) is 0.828. The first-order valence-electron chi connectivity index (χ1n) is 6.35. The number of fused-ring (bicyclic) bond motifs is 1. The summed E-state index contributed by atoms with van der Waals surface area (Å²) in [4.78, 5) is 4.51. The van der Waals surface area contributed by atoms with Gasteiger partial charge in [0.25, 0.3) is 0 Å². The SMILES string of the molecule is COCCC(C)n1c(C(C)Cl)nc2ccc(F)cc21. The number of hydrogen-bond donors (Lipinski definition) is 0. The zero-order valence-electron chi connectivity index (χ0n) is 11.4. The van der Waals surface area contributed by atoms with E-state index < -0.39 is 0 Å². The van der Waals surface area contributed by atoms with Crippen LogP contribution in [0.1, 0.15) is 37.5 Å². The summed E-state index contributed by atoms with van der Waals surface area (Å²) in [6, 6.07) is 4.77. The number of rotatable bonds is 5. The van der Waals surface area contributed by atoms with Crippen LogP contribution in [-0.4, -0.2) is 23.3 Å². The van der Waals surface area contributed by atoms with Gasteiger partial charge in [0.05, 0.1) is 16.4 Å². The topological polar surface area (TPSA) is 27.1 Å². The number of methoxy groups -OCH3 is 1. The minimum absolute atomic E-state index is 0.156. The number of nitrogens with zero attached hydrogens (tertiary/aromatic N) is 2. The third kappa shape index (κ3) is 2.90. The molecule has 1 heterocycles. The summed E-state index contributed by atoms with van der Waals surface area (Å²) in [5.41, 5.74) is 1.55. The molecule has 0 saturated carbocycles. The van der Waals surface area contributed by atoms with Gasteiger partial charge in [-0.2, -0.15) is 0 Å². The molecule has 2 atom stereocenters. The van der Waals surface area contributed by atoms with E-state index in [1.54, 1.807) is 13.2 Å². The van der Waals surface area contributed by atoms with Crippen molar-refractivity contribution in [2.45, 2.75) is 31.7 Å². The van der Waals surface area contributed by atoms with Crippen molar-refractivity contribution in [3.05, 3.63) is 29.8 Å². The van der Waals surface area contributed by atoms with Crippen LogP contribution in [-0.2, 0) is 4.74 Å². The van der Waals surface area contributed by atoms with Gasteiger partial charge < -0.3 is 9.30 Å². The second-order valence-electron chi connectivity index (χ2n) is 4.72. The van der Waals surface area contributed by atoms with Crippen LogP contribution in [0.3, 0.4) is 0 Å². The van der Waals surface area contributed by atoms with E-state index in [0.29, 0.717) is 6.61 Å². The number of imidazole rings is 1. The molecule has 3 nitrogen and oxygen atoms in total. The largest absolute Gasteiger partial charge is 0.385 e. The second kappa shape index (κ2) is 5.88. The maximum atomic E-state index is 13.4. The highest BCUT2D eigenvalue weighted by atomic mass is 35.5. The van der Waals surface area contributed by atoms with Gasteiger partial charge >= 0.3 is 0 Å². The Morgan fingerprint density at radius 3 is 2.79 bits per heavy atom. The summed E-state index contributed by atoms with van der Waals surface area (Å²) < 4.78 is 20.6. The van der Waals surface area contributed by atoms with Gasteiger partial charge in [-0.3, -0.25) is 0 Å². The van der Waals surface area contributed by atoms with Gasteiger partial charge in [-0.15, -0.1) is 11.6 Å². The van der Waals surface area contributed by atoms with Crippen LogP contribution in [0.25, 0.3) is 11.0 Å². The van der Waals surface area contributed by atoms with Crippen LogP contribution in [0.4, 0.5) is 4.39 Å². The molecule has 2 rings (SSSR count). The van der Waals surface area contributed by atoms with Crippen molar-refractivity contribution in [2.24, 2.45) is 0 Å². The zero-order valence-corrected chi connectivity index (χ0v) is 12.1. The highest BCUT2D eigenvalue weighted by molar-refractivity contribution is 6.20. The van der Waals surface area contributed by atoms with Crippen LogP contribution < -0.4 is 0 Å². The predicted octanol–water partition coefficient (Wildman–Crippen LogP) is 4.07. The normalized spacial score (nSPS) is 14.8. The zero-order chi connectivity index (χ0) is 14.0. The molecule has 0 bridgehead atoms. The predicted molar refractivity (Wildman–Crippen MR) is 75.2 cm³/mol. The molecule has 0 aliphatic rings. The summed E-state index contributed by atoms with van der Waals surface area (Å²) in [6.45, 7) is 4.58. The highest BCUT2D eigenvalue weighted by Gasteiger charge is 2.19. The number of benzene rings is 1. The maximum absolute atomic E-state index is 13.4. The van der Waals surface area contributed by atoms with E-state index in [1.165, 1.54) is 12.1 Å². The standard InChI is InChI=1S/C14H18ClFN2O/c1-9(6-7-19-3)18-13-8-11(16)4-5-12(13)17-14(18)10(2)15/h4-5,8-10H,6-7H2,1-3H3. The number of alkyl halides is 1. The fourth-order valence-corrected chi connectivity index (χ4v) is 2.40. The lowest BCUT2D eigenvalue weighted by Gasteiger charge is -2.18. The highest BCUT2D eigenvalue weighted by Crippen LogP contribution is 2.29. The van der Waals surface area contributed by atoms with E-state index in [0.717, 1.165) is 23.3 Å². The van der Waals surface area contributed by atoms with Crippen LogP contribution >= 0.6 is 11.6 Å². The summed E-state index contributed by atoms with van der Waals surface area (Å²) >= 11 is 6.19. The van der Waals surface area contributed by atoms with Gasteiger partial charge in [-0.25, -0.2) is 9.37 Å². The third-order valence-corrected chi connectivity index (χ3v) is 3.41. The van der Waals surface area contributed by atoms with Gasteiger partial charge in [0.2, 0.25) is 0 Å². The Bertz CT molecular complexity index is 568. The van der Waals surface area contributed by atoms with Crippen molar-refractivity contribution >= 4 is 22.6 Å². The van der Waals surface area contributed by atoms with Crippen molar-refractivity contribution in [3.63, 3.8) is 0 Å². The smallest absolute Gasteiger partial charge is 0.127 e. The number of ether oxygens (including phenoxy) is 1. The van der Waals surface area contributed by atoms with Crippen molar-refractivity contribution < 1.29 is 9.13 Å². The number of aromatic nitrogens is 2. The lowest BCUT2D eigenvalue weighted by Crippen LogP contribution is -2.12. The molecule has 0 N–H and O–H groups in total. The van der Waals surface area contributed by atoms with Crippen molar-refractivity contribution in [2.75, 3.05) is 13.7 Å². The molecule has 0 fully saturated rings. The molecular weight excluding hydrogens is 267 g/mol. The first-order chi connectivity index (χ1) is 9.04. The Hall–Kier alpha value is -1.13. The first kappa shape index (κ1) is 14.3. The van der Waals surface area contributed by atoms with Crippen LogP contribution in [0.15, 0.2) is 18.2 Å². The fraction of sp³-hybridized carbons (Fsp3) is 0.500. The van der Waals surface area contributed by atoms with Crippen LogP contribution in [0.5, 0.6) is 0 Å². The Labute approximate surface area is 117 Å². The van der Waals surface area contributed by atoms with E-state index in [-0.39, 0.29) is 17.2 Å². The summed E-state index contributed by atoms with van der Waals surface area (Å²) in [5.74, 6) is 0.507. The number of halogens is 2. The van der Waals surface area contributed by atoms with Gasteiger partial charge in [0.1, 0.15) is 11.6 Å². The molecule has 0 aliphatic heterocycles. The average molecular weight is 285 g/mol. The molecule has 0 radical (unpaired) electrons. The Balaban J connectivity index is 2.53. The molecule has 2 aromatic rings. The second-order valence-corrected chi connectivity index (χ2v) is 5.37. The maximum Gasteiger partial charge on any atom is 0.127 e. The van der Waals surface area contributed by atoms with E-state index in [2.05, 4.69) is 11.9 Å². The van der Waals surface area contributed by atoms with E-state index in [9.17, 15) is 4.39 Å². The molecular formula is C14H18ClFN2O. The molecule has 0 aliphatic carbocycles. The van der Waals surface area contributed by atoms with Crippen LogP contribution in [0.2, 0.25) is 0 Å². The quantitative estimate of drug-likeness (QED) is 0.774. The molecule has 1 aromatic carbocycles. The molecule has 0 amide bonds. The molecule has 2 unspecified atom stereocenters. The average Bonchev–Trinajstić information content (AvgIpc) is 2.74. The van der Waals surface area contributed by atoms with Crippen molar-refractivity contribution in [1.82, 2.24) is 9.55 Å². The first-order valence-corrected chi connectivity index (χ1v) is 6.78. The minimum Gasteiger partial charge on any atom is -0.385 e. The summed E-state index contributed by atoms with van der Waals surface area (Å²) in [7, 11) is 1.67. The lowest BCUT2D eigenvalue weighted by molar-refractivity contribution is 0.181. The summed E-state index contributed by atoms with van der Waals surface area (Å²) in [5, 5.41) is -0.222. The fourth-order valence-electron chi connectivity index (χ4n) is 2.25. The van der Waals surface area contributed by atoms with Gasteiger partial charge in [-0.05, 0) is 38.5 Å². The van der Waals surface area contributed by atoms with Crippen molar-refractivity contribution in [3.8, 4) is 0 Å². The third-order valence-electron chi connectivity index (χ3n) is 3.22. The Kier molecular flexibility index (Phi) is 4.42. The molecule has 0 spiro atoms. The van der Waals surface area contributed by atoms with Gasteiger partial charge in [-0.1, -0.05) is 0 Å².